The summed E-state index contributed by atoms with van der Waals surface area (Å²) in [6.07, 6.45) is 2.48. The first-order chi connectivity index (χ1) is 19.1. The molecule has 13 heteroatoms. The second-order valence-electron chi connectivity index (χ2n) is 10.9. The van der Waals surface area contributed by atoms with Crippen molar-refractivity contribution in [1.29, 1.82) is 0 Å². The molecule has 2 aliphatic heterocycles. The van der Waals surface area contributed by atoms with E-state index in [0.29, 0.717) is 42.9 Å². The number of piperidine rings is 1. The van der Waals surface area contributed by atoms with Gasteiger partial charge in [0.2, 0.25) is 5.95 Å². The second-order valence-corrected chi connectivity index (χ2v) is 13.3. The molecule has 40 heavy (non-hydrogen) atoms. The zero-order chi connectivity index (χ0) is 28.6. The van der Waals surface area contributed by atoms with Crippen LogP contribution in [0.3, 0.4) is 0 Å². The van der Waals surface area contributed by atoms with E-state index in [0.717, 1.165) is 16.5 Å². The molecule has 0 amide bonds. The van der Waals surface area contributed by atoms with Crippen LogP contribution in [-0.4, -0.2) is 90.1 Å². The molecule has 0 bridgehead atoms. The van der Waals surface area contributed by atoms with Gasteiger partial charge in [-0.05, 0) is 31.4 Å². The molecule has 2 saturated heterocycles. The van der Waals surface area contributed by atoms with Gasteiger partial charge in [-0.1, -0.05) is 20.8 Å². The lowest BCUT2D eigenvalue weighted by Crippen LogP contribution is -2.57. The smallest absolute Gasteiger partial charge is 0.227 e. The summed E-state index contributed by atoms with van der Waals surface area (Å²) in [7, 11) is -1.52. The third kappa shape index (κ3) is 5.67. The number of pyridine rings is 1. The van der Waals surface area contributed by atoms with Crippen LogP contribution in [0.25, 0.3) is 10.8 Å². The zero-order valence-electron chi connectivity index (χ0n) is 23.6. The summed E-state index contributed by atoms with van der Waals surface area (Å²) < 4.78 is 44.0. The number of aromatic nitrogens is 5. The topological polar surface area (TPSA) is 126 Å². The number of fused-ring (bicyclic) bond motifs is 1. The standard InChI is InChI=1S/C27H37FN8O3S.H2/c1-6-40(37,38)15-18-13-36(17(18)4)26-20-12-30-24(11-19(20)25(16(2)3)33-34-26)31-23-7-9-29-27(32-23)35-10-8-22(39-5)21(28)14-35;/h7,9,11-12,16-18,21-22H,6,8,10,13-15H2,1-5H3,(H,29,30,31,32);1H/t17-,18-,21+,22-;/m1./s1. The molecule has 3 aromatic rings. The number of nitrogens with zero attached hydrogens (tertiary/aromatic N) is 7. The number of sulfone groups is 1. The minimum absolute atomic E-state index is 0. The third-order valence-electron chi connectivity index (χ3n) is 7.97. The van der Waals surface area contributed by atoms with Gasteiger partial charge in [-0.3, -0.25) is 0 Å². The molecule has 3 aromatic heterocycles. The Kier molecular flexibility index (Phi) is 8.05. The fourth-order valence-electron chi connectivity index (χ4n) is 5.40. The Labute approximate surface area is 236 Å². The summed E-state index contributed by atoms with van der Waals surface area (Å²) >= 11 is 0. The number of anilines is 4. The predicted octanol–water partition coefficient (Wildman–Crippen LogP) is 3.75. The van der Waals surface area contributed by atoms with E-state index in [-0.39, 0.29) is 37.4 Å². The van der Waals surface area contributed by atoms with Gasteiger partial charge in [0.25, 0.3) is 0 Å². The van der Waals surface area contributed by atoms with Gasteiger partial charge in [0.1, 0.15) is 27.6 Å². The molecular weight excluding hydrogens is 535 g/mol. The van der Waals surface area contributed by atoms with Gasteiger partial charge in [-0.2, -0.15) is 10.1 Å². The molecule has 11 nitrogen and oxygen atoms in total. The van der Waals surface area contributed by atoms with Crippen molar-refractivity contribution in [3.05, 3.63) is 30.2 Å². The lowest BCUT2D eigenvalue weighted by molar-refractivity contribution is 0.0194. The first kappa shape index (κ1) is 28.3. The number of hydrogen-bond acceptors (Lipinski definition) is 11. The summed E-state index contributed by atoms with van der Waals surface area (Å²) in [4.78, 5) is 17.5. The summed E-state index contributed by atoms with van der Waals surface area (Å²) in [5, 5.41) is 14.2. The molecule has 1 N–H and O–H groups in total. The first-order valence-corrected chi connectivity index (χ1v) is 15.6. The minimum Gasteiger partial charge on any atom is -0.378 e. The number of nitrogens with one attached hydrogen (secondary N) is 1. The number of rotatable bonds is 9. The maximum absolute atomic E-state index is 14.4. The van der Waals surface area contributed by atoms with Crippen molar-refractivity contribution in [2.24, 2.45) is 5.92 Å². The van der Waals surface area contributed by atoms with Crippen molar-refractivity contribution >= 4 is 44.0 Å². The molecule has 0 aliphatic carbocycles. The average molecular weight is 575 g/mol. The first-order valence-electron chi connectivity index (χ1n) is 13.8. The molecule has 5 rings (SSSR count). The number of methoxy groups -OCH3 is 1. The minimum atomic E-state index is -3.05. The highest BCUT2D eigenvalue weighted by Crippen LogP contribution is 2.37. The van der Waals surface area contributed by atoms with Gasteiger partial charge in [0, 0.05) is 62.5 Å². The van der Waals surface area contributed by atoms with Crippen LogP contribution in [0.1, 0.15) is 47.2 Å². The Morgan fingerprint density at radius 1 is 1.20 bits per heavy atom. The Balaban J connectivity index is 0.00000387. The van der Waals surface area contributed by atoms with Gasteiger partial charge in [-0.25, -0.2) is 22.8 Å². The summed E-state index contributed by atoms with van der Waals surface area (Å²) in [6, 6.07) is 3.71. The highest BCUT2D eigenvalue weighted by molar-refractivity contribution is 7.91. The Morgan fingerprint density at radius 3 is 2.67 bits per heavy atom. The van der Waals surface area contributed by atoms with Gasteiger partial charge < -0.3 is 19.9 Å². The van der Waals surface area contributed by atoms with Crippen LogP contribution in [0.4, 0.5) is 27.8 Å². The number of halogens is 1. The SMILES string of the molecule is CCS(=O)(=O)C[C@H]1CN(c2nnc(C(C)C)c3cc(Nc4ccnc(N5CC[C@@H](OC)[C@@H](F)C5)n4)ncc23)[C@@H]1C.[HH]. The molecule has 0 saturated carbocycles. The van der Waals surface area contributed by atoms with Crippen molar-refractivity contribution in [2.75, 3.05) is 53.4 Å². The lowest BCUT2D eigenvalue weighted by Gasteiger charge is -2.47. The molecule has 2 fully saturated rings. The molecule has 4 atom stereocenters. The molecule has 0 radical (unpaired) electrons. The molecule has 5 heterocycles. The van der Waals surface area contributed by atoms with Crippen molar-refractivity contribution < 1.29 is 19.0 Å². The molecule has 218 valence electrons. The molecule has 0 spiro atoms. The van der Waals surface area contributed by atoms with Crippen LogP contribution in [0.2, 0.25) is 0 Å². The largest absolute Gasteiger partial charge is 0.378 e. The molecule has 2 aliphatic rings. The van der Waals surface area contributed by atoms with Gasteiger partial charge >= 0.3 is 0 Å². The summed E-state index contributed by atoms with van der Waals surface area (Å²) in [5.41, 5.74) is 0.848. The maximum atomic E-state index is 14.4. The van der Waals surface area contributed by atoms with E-state index in [1.807, 2.05) is 17.9 Å². The number of ether oxygens (including phenoxy) is 1. The average Bonchev–Trinajstić information content (AvgIpc) is 2.94. The molecule has 0 unspecified atom stereocenters. The molecular formula is C27H39FN8O3S. The van der Waals surface area contributed by atoms with Crippen LogP contribution >= 0.6 is 0 Å². The second kappa shape index (κ2) is 11.4. The predicted molar refractivity (Wildman–Crippen MR) is 156 cm³/mol. The van der Waals surface area contributed by atoms with E-state index in [9.17, 15) is 12.8 Å². The van der Waals surface area contributed by atoms with Crippen LogP contribution in [0, 0.1) is 5.92 Å². The fraction of sp³-hybridized carbons (Fsp3) is 0.593. The van der Waals surface area contributed by atoms with Crippen LogP contribution < -0.4 is 15.1 Å². The fourth-order valence-corrected chi connectivity index (χ4v) is 6.67. The number of hydrogen-bond donors (Lipinski definition) is 1. The quantitative estimate of drug-likeness (QED) is 0.401. The monoisotopic (exact) mass is 574 g/mol. The summed E-state index contributed by atoms with van der Waals surface area (Å²) in [5.74, 6) is 2.81. The lowest BCUT2D eigenvalue weighted by atomic mass is 9.91. The van der Waals surface area contributed by atoms with E-state index in [2.05, 4.69) is 49.2 Å². The highest BCUT2D eigenvalue weighted by atomic mass is 32.2. The summed E-state index contributed by atoms with van der Waals surface area (Å²) in [6.45, 7) is 9.24. The third-order valence-corrected chi connectivity index (χ3v) is 9.79. The zero-order valence-corrected chi connectivity index (χ0v) is 24.4. The van der Waals surface area contributed by atoms with Crippen molar-refractivity contribution in [3.8, 4) is 0 Å². The van der Waals surface area contributed by atoms with Gasteiger partial charge in [0.05, 0.1) is 24.1 Å². The highest BCUT2D eigenvalue weighted by Gasteiger charge is 2.40. The maximum Gasteiger partial charge on any atom is 0.227 e. The van der Waals surface area contributed by atoms with Crippen molar-refractivity contribution in [2.45, 2.75) is 58.4 Å². The van der Waals surface area contributed by atoms with E-state index in [4.69, 9.17) is 4.74 Å². The van der Waals surface area contributed by atoms with Gasteiger partial charge in [-0.15, -0.1) is 5.10 Å². The van der Waals surface area contributed by atoms with Crippen molar-refractivity contribution in [1.82, 2.24) is 25.1 Å². The Hall–Kier alpha value is -3.19. The normalized spacial score (nSPS) is 23.5. The Bertz CT molecular complexity index is 1480. The van der Waals surface area contributed by atoms with E-state index < -0.39 is 22.1 Å². The van der Waals surface area contributed by atoms with E-state index in [1.165, 1.54) is 7.11 Å². The van der Waals surface area contributed by atoms with Crippen LogP contribution in [0.5, 0.6) is 0 Å². The van der Waals surface area contributed by atoms with Crippen LogP contribution in [-0.2, 0) is 14.6 Å². The van der Waals surface area contributed by atoms with Crippen molar-refractivity contribution in [3.63, 3.8) is 0 Å². The van der Waals surface area contributed by atoms with E-state index in [1.54, 1.807) is 25.4 Å². The van der Waals surface area contributed by atoms with E-state index >= 15 is 0 Å². The van der Waals surface area contributed by atoms with Crippen LogP contribution in [0.15, 0.2) is 24.5 Å². The number of alkyl halides is 1. The van der Waals surface area contributed by atoms with Gasteiger partial charge in [0.15, 0.2) is 5.82 Å². The molecule has 0 aromatic carbocycles. The Morgan fingerprint density at radius 2 is 2.00 bits per heavy atom.